The zero-order chi connectivity index (χ0) is 18.0. The first-order valence-electron chi connectivity index (χ1n) is 6.22. The van der Waals surface area contributed by atoms with Crippen LogP contribution >= 0.6 is 11.6 Å². The summed E-state index contributed by atoms with van der Waals surface area (Å²) in [4.78, 5) is 15.4. The van der Waals surface area contributed by atoms with E-state index < -0.39 is 45.8 Å². The fourth-order valence-corrected chi connectivity index (χ4v) is 2.50. The lowest BCUT2D eigenvalue weighted by Gasteiger charge is -2.05. The van der Waals surface area contributed by atoms with E-state index >= 15 is 0 Å². The van der Waals surface area contributed by atoms with Crippen LogP contribution in [0, 0.1) is 0 Å². The van der Waals surface area contributed by atoms with Gasteiger partial charge in [0.05, 0.1) is 24.2 Å². The molecule has 2 rings (SSSR count). The molecule has 24 heavy (non-hydrogen) atoms. The average molecular weight is 384 g/mol. The number of halogens is 4. The number of nitrogens with one attached hydrogen (secondary N) is 1. The number of pyridine rings is 1. The van der Waals surface area contributed by atoms with Crippen LogP contribution in [0.1, 0.15) is 16.9 Å². The third-order valence-corrected chi connectivity index (χ3v) is 4.07. The van der Waals surface area contributed by atoms with Crippen LogP contribution in [0.15, 0.2) is 29.6 Å². The minimum Gasteiger partial charge on any atom is -0.266 e. The molecule has 2 aromatic rings. The lowest BCUT2D eigenvalue weighted by atomic mass is 10.4. The number of carbonyl (C=O) groups is 1. The van der Waals surface area contributed by atoms with Gasteiger partial charge in [-0.3, -0.25) is 9.48 Å². The average Bonchev–Trinajstić information content (AvgIpc) is 2.93. The van der Waals surface area contributed by atoms with E-state index in [1.807, 2.05) is 0 Å². The van der Waals surface area contributed by atoms with Crippen molar-refractivity contribution in [3.8, 4) is 0 Å². The molecule has 0 atom stereocenters. The minimum absolute atomic E-state index is 0.202. The van der Waals surface area contributed by atoms with Gasteiger partial charge in [-0.2, -0.15) is 21.6 Å². The third-order valence-electron chi connectivity index (χ3n) is 2.60. The summed E-state index contributed by atoms with van der Waals surface area (Å²) in [5.74, 6) is -1.15. The van der Waals surface area contributed by atoms with E-state index in [1.54, 1.807) is 4.72 Å². The molecule has 0 spiro atoms. The fraction of sp³-hybridized carbons (Fsp3) is 0.273. The molecule has 0 saturated heterocycles. The van der Waals surface area contributed by atoms with Crippen LogP contribution in [0.4, 0.5) is 13.2 Å². The van der Waals surface area contributed by atoms with Crippen molar-refractivity contribution >= 4 is 27.5 Å². The fourth-order valence-electron chi connectivity index (χ4n) is 1.50. The molecule has 0 bridgehead atoms. The Kier molecular flexibility index (Phi) is 5.08. The van der Waals surface area contributed by atoms with Crippen LogP contribution < -0.4 is 4.72 Å². The summed E-state index contributed by atoms with van der Waals surface area (Å²) in [7, 11) is -4.28. The molecule has 0 saturated carbocycles. The smallest absolute Gasteiger partial charge is 0.266 e. The van der Waals surface area contributed by atoms with Gasteiger partial charge in [-0.25, -0.2) is 9.71 Å². The predicted octanol–water partition coefficient (Wildman–Crippen LogP) is 1.40. The number of carbonyl (C=O) groups excluding carboxylic acids is 1. The van der Waals surface area contributed by atoms with E-state index in [2.05, 4.69) is 15.3 Å². The first-order chi connectivity index (χ1) is 11.1. The first-order valence-corrected chi connectivity index (χ1v) is 8.08. The number of rotatable bonds is 5. The van der Waals surface area contributed by atoms with Gasteiger partial charge in [-0.1, -0.05) is 16.8 Å². The Morgan fingerprint density at radius 2 is 2.04 bits per heavy atom. The van der Waals surface area contributed by atoms with Crippen LogP contribution in [-0.4, -0.2) is 40.5 Å². The van der Waals surface area contributed by atoms with E-state index in [1.165, 1.54) is 6.07 Å². The Balaban J connectivity index is 2.07. The van der Waals surface area contributed by atoms with Crippen LogP contribution in [0.5, 0.6) is 0 Å². The Bertz CT molecular complexity index is 835. The van der Waals surface area contributed by atoms with Crippen LogP contribution in [0.25, 0.3) is 0 Å². The SMILES string of the molecule is O=C(NS(=O)(=O)c1ccc(Cl)cn1)c1cn(CCC(F)(F)F)nn1. The molecule has 0 aromatic carbocycles. The second-order valence-electron chi connectivity index (χ2n) is 4.48. The first kappa shape index (κ1) is 18.1. The van der Waals surface area contributed by atoms with Crippen LogP contribution in [0.3, 0.4) is 0 Å². The molecular weight excluding hydrogens is 375 g/mol. The summed E-state index contributed by atoms with van der Waals surface area (Å²) in [5, 5.41) is 6.42. The zero-order valence-corrected chi connectivity index (χ0v) is 13.2. The van der Waals surface area contributed by atoms with Crippen molar-refractivity contribution < 1.29 is 26.4 Å². The van der Waals surface area contributed by atoms with Gasteiger partial charge in [0.25, 0.3) is 15.9 Å². The number of amides is 1. The second kappa shape index (κ2) is 6.73. The van der Waals surface area contributed by atoms with Crippen molar-refractivity contribution in [2.75, 3.05) is 0 Å². The number of nitrogens with zero attached hydrogens (tertiary/aromatic N) is 4. The zero-order valence-electron chi connectivity index (χ0n) is 11.7. The highest BCUT2D eigenvalue weighted by atomic mass is 35.5. The molecule has 0 aliphatic heterocycles. The number of aryl methyl sites for hydroxylation is 1. The Morgan fingerprint density at radius 3 is 2.62 bits per heavy atom. The van der Waals surface area contributed by atoms with Gasteiger partial charge in [-0.15, -0.1) is 5.10 Å². The normalized spacial score (nSPS) is 12.2. The Hall–Kier alpha value is -2.21. The highest BCUT2D eigenvalue weighted by Crippen LogP contribution is 2.20. The highest BCUT2D eigenvalue weighted by molar-refractivity contribution is 7.90. The summed E-state index contributed by atoms with van der Waals surface area (Å²) in [6, 6.07) is 2.35. The molecule has 2 aromatic heterocycles. The van der Waals surface area contributed by atoms with E-state index in [-0.39, 0.29) is 5.02 Å². The van der Waals surface area contributed by atoms with E-state index in [4.69, 9.17) is 11.6 Å². The van der Waals surface area contributed by atoms with Crippen molar-refractivity contribution in [1.29, 1.82) is 0 Å². The molecule has 0 radical (unpaired) electrons. The molecular formula is C11H9ClF3N5O3S. The van der Waals surface area contributed by atoms with Crippen molar-refractivity contribution in [2.45, 2.75) is 24.2 Å². The van der Waals surface area contributed by atoms with E-state index in [0.717, 1.165) is 23.1 Å². The number of hydrogen-bond donors (Lipinski definition) is 1. The topological polar surface area (TPSA) is 107 Å². The van der Waals surface area contributed by atoms with Gasteiger partial charge in [-0.05, 0) is 12.1 Å². The molecule has 1 amide bonds. The van der Waals surface area contributed by atoms with Gasteiger partial charge in [0.1, 0.15) is 0 Å². The molecule has 13 heteroatoms. The molecule has 130 valence electrons. The number of hydrogen-bond acceptors (Lipinski definition) is 6. The van der Waals surface area contributed by atoms with Gasteiger partial charge >= 0.3 is 6.18 Å². The number of alkyl halides is 3. The molecule has 2 heterocycles. The Morgan fingerprint density at radius 1 is 1.33 bits per heavy atom. The van der Waals surface area contributed by atoms with Crippen molar-refractivity contribution in [1.82, 2.24) is 24.7 Å². The van der Waals surface area contributed by atoms with Gasteiger partial charge in [0.2, 0.25) is 0 Å². The maximum Gasteiger partial charge on any atom is 0.390 e. The number of sulfonamides is 1. The lowest BCUT2D eigenvalue weighted by molar-refractivity contribution is -0.137. The third kappa shape index (κ3) is 4.89. The summed E-state index contributed by atoms with van der Waals surface area (Å²) >= 11 is 5.58. The molecule has 8 nitrogen and oxygen atoms in total. The van der Waals surface area contributed by atoms with Crippen molar-refractivity contribution in [3.63, 3.8) is 0 Å². The van der Waals surface area contributed by atoms with E-state index in [9.17, 15) is 26.4 Å². The van der Waals surface area contributed by atoms with E-state index in [0.29, 0.717) is 0 Å². The van der Waals surface area contributed by atoms with Gasteiger partial charge in [0.15, 0.2) is 10.7 Å². The second-order valence-corrected chi connectivity index (χ2v) is 6.55. The minimum atomic E-state index is -4.39. The lowest BCUT2D eigenvalue weighted by Crippen LogP contribution is -2.31. The van der Waals surface area contributed by atoms with Crippen molar-refractivity contribution in [2.24, 2.45) is 0 Å². The molecule has 0 unspecified atom stereocenters. The van der Waals surface area contributed by atoms with Crippen molar-refractivity contribution in [3.05, 3.63) is 35.2 Å². The summed E-state index contributed by atoms with van der Waals surface area (Å²) in [6.45, 7) is -0.546. The predicted molar refractivity (Wildman–Crippen MR) is 74.6 cm³/mol. The molecule has 1 N–H and O–H groups in total. The van der Waals surface area contributed by atoms with Crippen LogP contribution in [-0.2, 0) is 16.6 Å². The molecule has 0 aliphatic carbocycles. The summed E-state index contributed by atoms with van der Waals surface area (Å²) in [6.07, 6.45) is -3.57. The van der Waals surface area contributed by atoms with Gasteiger partial charge < -0.3 is 0 Å². The monoisotopic (exact) mass is 383 g/mol. The number of aromatic nitrogens is 4. The maximum atomic E-state index is 12.1. The summed E-state index contributed by atoms with van der Waals surface area (Å²) < 4.78 is 62.7. The Labute approximate surface area is 138 Å². The summed E-state index contributed by atoms with van der Waals surface area (Å²) in [5.41, 5.74) is -0.449. The molecule has 0 fully saturated rings. The largest absolute Gasteiger partial charge is 0.390 e. The quantitative estimate of drug-likeness (QED) is 0.836. The molecule has 0 aliphatic rings. The standard InChI is InChI=1S/C11H9ClF3N5O3S/c12-7-1-2-9(16-5-7)24(22,23)18-10(21)8-6-20(19-17-8)4-3-11(13,14)15/h1-2,5-6H,3-4H2,(H,18,21). The van der Waals surface area contributed by atoms with Crippen LogP contribution in [0.2, 0.25) is 5.02 Å². The van der Waals surface area contributed by atoms with Gasteiger partial charge in [0, 0.05) is 6.20 Å². The maximum absolute atomic E-state index is 12.1. The highest BCUT2D eigenvalue weighted by Gasteiger charge is 2.27.